The molecule has 0 saturated heterocycles. The second kappa shape index (κ2) is 6.98. The SMILES string of the molecule is CC(C)c1nc(CC(=O)N(CC2CCC2)CC(F)(F)F)cs1. The monoisotopic (exact) mass is 334 g/mol. The molecular weight excluding hydrogens is 313 g/mol. The molecule has 0 atom stereocenters. The number of amides is 1. The van der Waals surface area contributed by atoms with Gasteiger partial charge in [-0.1, -0.05) is 20.3 Å². The van der Waals surface area contributed by atoms with Crippen molar-refractivity contribution in [3.05, 3.63) is 16.1 Å². The largest absolute Gasteiger partial charge is 0.406 e. The van der Waals surface area contributed by atoms with E-state index in [4.69, 9.17) is 0 Å². The second-order valence-corrected chi connectivity index (χ2v) is 7.08. The van der Waals surface area contributed by atoms with Crippen molar-refractivity contribution in [2.24, 2.45) is 5.92 Å². The van der Waals surface area contributed by atoms with Crippen LogP contribution in [0.2, 0.25) is 0 Å². The third-order valence-corrected chi connectivity index (χ3v) is 5.02. The highest BCUT2D eigenvalue weighted by atomic mass is 32.1. The molecule has 0 unspecified atom stereocenters. The first-order valence-corrected chi connectivity index (χ1v) is 8.41. The van der Waals surface area contributed by atoms with Crippen LogP contribution in [-0.2, 0) is 11.2 Å². The zero-order chi connectivity index (χ0) is 16.3. The van der Waals surface area contributed by atoms with Gasteiger partial charge in [-0.3, -0.25) is 4.79 Å². The summed E-state index contributed by atoms with van der Waals surface area (Å²) in [7, 11) is 0. The average molecular weight is 334 g/mol. The quantitative estimate of drug-likeness (QED) is 0.788. The van der Waals surface area contributed by atoms with E-state index >= 15 is 0 Å². The van der Waals surface area contributed by atoms with E-state index in [-0.39, 0.29) is 24.8 Å². The Bertz CT molecular complexity index is 509. The highest BCUT2D eigenvalue weighted by Crippen LogP contribution is 2.29. The summed E-state index contributed by atoms with van der Waals surface area (Å²) in [5, 5.41) is 2.67. The Balaban J connectivity index is 1.99. The maximum atomic E-state index is 12.7. The van der Waals surface area contributed by atoms with E-state index in [0.717, 1.165) is 29.2 Å². The standard InChI is InChI=1S/C15H21F3N2OS/c1-10(2)14-19-12(8-22-14)6-13(21)20(9-15(16,17)18)7-11-4-3-5-11/h8,10-11H,3-7,9H2,1-2H3. The lowest BCUT2D eigenvalue weighted by Crippen LogP contribution is -2.43. The second-order valence-electron chi connectivity index (χ2n) is 6.19. The van der Waals surface area contributed by atoms with Crippen LogP contribution < -0.4 is 0 Å². The molecule has 1 aliphatic rings. The van der Waals surface area contributed by atoms with Gasteiger partial charge in [0.15, 0.2) is 0 Å². The van der Waals surface area contributed by atoms with E-state index in [1.807, 2.05) is 13.8 Å². The smallest absolute Gasteiger partial charge is 0.333 e. The number of halogens is 3. The molecular formula is C15H21F3N2OS. The molecule has 1 fully saturated rings. The van der Waals surface area contributed by atoms with Crippen LogP contribution in [0.3, 0.4) is 0 Å². The molecule has 0 aromatic carbocycles. The summed E-state index contributed by atoms with van der Waals surface area (Å²) in [6, 6.07) is 0. The molecule has 3 nitrogen and oxygen atoms in total. The summed E-state index contributed by atoms with van der Waals surface area (Å²) in [6.07, 6.45) is -1.54. The molecule has 0 radical (unpaired) electrons. The summed E-state index contributed by atoms with van der Waals surface area (Å²) in [5.41, 5.74) is 0.569. The molecule has 1 aromatic rings. The first kappa shape index (κ1) is 17.2. The predicted octanol–water partition coefficient (Wildman–Crippen LogP) is 4.00. The molecule has 2 rings (SSSR count). The Hall–Kier alpha value is -1.11. The summed E-state index contributed by atoms with van der Waals surface area (Å²) < 4.78 is 38.0. The summed E-state index contributed by atoms with van der Waals surface area (Å²) in [5.74, 6) is -0.00658. The van der Waals surface area contributed by atoms with Gasteiger partial charge in [0, 0.05) is 17.8 Å². The minimum atomic E-state index is -4.36. The number of rotatable bonds is 6. The van der Waals surface area contributed by atoms with Crippen molar-refractivity contribution in [1.82, 2.24) is 9.88 Å². The Morgan fingerprint density at radius 3 is 2.59 bits per heavy atom. The third kappa shape index (κ3) is 4.97. The van der Waals surface area contributed by atoms with Gasteiger partial charge in [-0.05, 0) is 18.8 Å². The van der Waals surface area contributed by atoms with Gasteiger partial charge in [-0.25, -0.2) is 4.98 Å². The van der Waals surface area contributed by atoms with E-state index < -0.39 is 18.6 Å². The van der Waals surface area contributed by atoms with Crippen molar-refractivity contribution in [2.75, 3.05) is 13.1 Å². The minimum absolute atomic E-state index is 0.0496. The van der Waals surface area contributed by atoms with Crippen molar-refractivity contribution in [1.29, 1.82) is 0 Å². The number of aromatic nitrogens is 1. The number of carbonyl (C=O) groups is 1. The van der Waals surface area contributed by atoms with Gasteiger partial charge in [0.25, 0.3) is 0 Å². The van der Waals surface area contributed by atoms with Crippen LogP contribution in [0.1, 0.15) is 49.7 Å². The van der Waals surface area contributed by atoms with Gasteiger partial charge < -0.3 is 4.90 Å². The van der Waals surface area contributed by atoms with Crippen LogP contribution in [0.5, 0.6) is 0 Å². The van der Waals surface area contributed by atoms with Gasteiger partial charge in [-0.2, -0.15) is 13.2 Å². The van der Waals surface area contributed by atoms with Gasteiger partial charge >= 0.3 is 6.18 Å². The van der Waals surface area contributed by atoms with Crippen molar-refractivity contribution in [3.8, 4) is 0 Å². The van der Waals surface area contributed by atoms with E-state index in [2.05, 4.69) is 4.98 Å². The van der Waals surface area contributed by atoms with E-state index in [1.54, 1.807) is 5.38 Å². The van der Waals surface area contributed by atoms with Crippen molar-refractivity contribution < 1.29 is 18.0 Å². The number of carbonyl (C=O) groups excluding carboxylic acids is 1. The number of nitrogens with zero attached hydrogens (tertiary/aromatic N) is 2. The maximum Gasteiger partial charge on any atom is 0.406 e. The van der Waals surface area contributed by atoms with Crippen molar-refractivity contribution >= 4 is 17.2 Å². The van der Waals surface area contributed by atoms with E-state index in [0.29, 0.717) is 5.69 Å². The minimum Gasteiger partial charge on any atom is -0.333 e. The zero-order valence-corrected chi connectivity index (χ0v) is 13.6. The Morgan fingerprint density at radius 1 is 1.45 bits per heavy atom. The Kier molecular flexibility index (Phi) is 5.47. The first-order chi connectivity index (χ1) is 10.2. The van der Waals surface area contributed by atoms with Crippen LogP contribution in [0.15, 0.2) is 5.38 Å². The normalized spacial score (nSPS) is 15.9. The summed E-state index contributed by atoms with van der Waals surface area (Å²) in [6.45, 7) is 3.04. The highest BCUT2D eigenvalue weighted by molar-refractivity contribution is 7.09. The molecule has 7 heteroatoms. The Morgan fingerprint density at radius 2 is 2.14 bits per heavy atom. The first-order valence-electron chi connectivity index (χ1n) is 7.53. The van der Waals surface area contributed by atoms with E-state index in [9.17, 15) is 18.0 Å². The van der Waals surface area contributed by atoms with E-state index in [1.165, 1.54) is 11.3 Å². The fourth-order valence-electron chi connectivity index (χ4n) is 2.39. The summed E-state index contributed by atoms with van der Waals surface area (Å²) in [4.78, 5) is 17.5. The lowest BCUT2D eigenvalue weighted by molar-refractivity contribution is -0.162. The number of alkyl halides is 3. The third-order valence-electron chi connectivity index (χ3n) is 3.82. The zero-order valence-electron chi connectivity index (χ0n) is 12.8. The molecule has 1 aliphatic carbocycles. The molecule has 1 amide bonds. The fourth-order valence-corrected chi connectivity index (χ4v) is 3.23. The molecule has 124 valence electrons. The van der Waals surface area contributed by atoms with Gasteiger partial charge in [-0.15, -0.1) is 11.3 Å². The average Bonchev–Trinajstić information content (AvgIpc) is 2.79. The Labute approximate surface area is 132 Å². The van der Waals surface area contributed by atoms with Gasteiger partial charge in [0.2, 0.25) is 5.91 Å². The highest BCUT2D eigenvalue weighted by Gasteiger charge is 2.35. The lowest BCUT2D eigenvalue weighted by Gasteiger charge is -2.32. The maximum absolute atomic E-state index is 12.7. The number of hydrogen-bond acceptors (Lipinski definition) is 3. The molecule has 0 N–H and O–H groups in total. The number of thiazole rings is 1. The van der Waals surface area contributed by atoms with Crippen LogP contribution >= 0.6 is 11.3 Å². The molecule has 22 heavy (non-hydrogen) atoms. The molecule has 0 aliphatic heterocycles. The predicted molar refractivity (Wildman–Crippen MR) is 79.9 cm³/mol. The summed E-state index contributed by atoms with van der Waals surface area (Å²) >= 11 is 1.45. The van der Waals surface area contributed by atoms with Crippen molar-refractivity contribution in [2.45, 2.75) is 51.6 Å². The van der Waals surface area contributed by atoms with Gasteiger partial charge in [0.1, 0.15) is 6.54 Å². The van der Waals surface area contributed by atoms with Gasteiger partial charge in [0.05, 0.1) is 17.1 Å². The number of hydrogen-bond donors (Lipinski definition) is 0. The molecule has 0 spiro atoms. The van der Waals surface area contributed by atoms with Crippen LogP contribution in [0, 0.1) is 5.92 Å². The topological polar surface area (TPSA) is 33.2 Å². The van der Waals surface area contributed by atoms with Crippen LogP contribution in [0.25, 0.3) is 0 Å². The molecule has 0 bridgehead atoms. The molecule has 1 aromatic heterocycles. The molecule has 1 heterocycles. The lowest BCUT2D eigenvalue weighted by atomic mass is 9.85. The van der Waals surface area contributed by atoms with Crippen LogP contribution in [0.4, 0.5) is 13.2 Å². The fraction of sp³-hybridized carbons (Fsp3) is 0.733. The molecule has 1 saturated carbocycles. The van der Waals surface area contributed by atoms with Crippen molar-refractivity contribution in [3.63, 3.8) is 0 Å². The van der Waals surface area contributed by atoms with Crippen LogP contribution in [-0.4, -0.2) is 35.1 Å².